The van der Waals surface area contributed by atoms with Gasteiger partial charge in [0.15, 0.2) is 0 Å². The molecule has 0 rings (SSSR count). The number of halogens is 1. The Morgan fingerprint density at radius 2 is 2.08 bits per heavy atom. The maximum atomic E-state index is 12.3. The van der Waals surface area contributed by atoms with Gasteiger partial charge in [0.25, 0.3) is 0 Å². The van der Waals surface area contributed by atoms with E-state index in [0.29, 0.717) is 13.0 Å². The molecule has 0 saturated heterocycles. The molecule has 0 aromatic heterocycles. The second kappa shape index (κ2) is 5.04. The lowest BCUT2D eigenvalue weighted by Gasteiger charge is -2.19. The zero-order valence-electron chi connectivity index (χ0n) is 8.69. The van der Waals surface area contributed by atoms with Crippen LogP contribution in [-0.2, 0) is 4.74 Å². The second-order valence-corrected chi connectivity index (χ2v) is 4.00. The zero-order chi connectivity index (χ0) is 10.5. The molecular formula is C9H18FNO2. The van der Waals surface area contributed by atoms with Crippen LogP contribution in [0.2, 0.25) is 0 Å². The molecule has 0 fully saturated rings. The number of alkyl halides is 1. The third-order valence-corrected chi connectivity index (χ3v) is 1.21. The van der Waals surface area contributed by atoms with E-state index in [-0.39, 0.29) is 0 Å². The number of carbonyl (C=O) groups excluding carboxylic acids is 1. The lowest BCUT2D eigenvalue weighted by Crippen LogP contribution is -2.33. The average molecular weight is 191 g/mol. The standard InChI is InChI=1S/C9H18FNO2/c1-7(10)5-6-11-8(12)13-9(2,3)4/h7H,5-6H2,1-4H3,(H,11,12)/t7-/m0/s1. The number of ether oxygens (including phenoxy) is 1. The van der Waals surface area contributed by atoms with Gasteiger partial charge in [-0.1, -0.05) is 0 Å². The van der Waals surface area contributed by atoms with Crippen LogP contribution in [0.25, 0.3) is 0 Å². The number of nitrogens with one attached hydrogen (secondary N) is 1. The maximum Gasteiger partial charge on any atom is 0.407 e. The number of carbonyl (C=O) groups is 1. The summed E-state index contributed by atoms with van der Waals surface area (Å²) in [5.74, 6) is 0. The fourth-order valence-electron chi connectivity index (χ4n) is 0.687. The minimum atomic E-state index is -0.894. The van der Waals surface area contributed by atoms with Gasteiger partial charge in [-0.3, -0.25) is 0 Å². The van der Waals surface area contributed by atoms with Gasteiger partial charge in [0.1, 0.15) is 5.60 Å². The first-order chi connectivity index (χ1) is 5.81. The average Bonchev–Trinajstić information content (AvgIpc) is 1.81. The van der Waals surface area contributed by atoms with Crippen molar-refractivity contribution in [3.63, 3.8) is 0 Å². The molecule has 13 heavy (non-hydrogen) atoms. The first-order valence-corrected chi connectivity index (χ1v) is 4.42. The van der Waals surface area contributed by atoms with Gasteiger partial charge in [-0.05, 0) is 34.1 Å². The maximum absolute atomic E-state index is 12.3. The van der Waals surface area contributed by atoms with Crippen LogP contribution in [0.15, 0.2) is 0 Å². The van der Waals surface area contributed by atoms with Crippen molar-refractivity contribution in [2.75, 3.05) is 6.54 Å². The number of rotatable bonds is 3. The summed E-state index contributed by atoms with van der Waals surface area (Å²) >= 11 is 0. The minimum Gasteiger partial charge on any atom is -0.444 e. The van der Waals surface area contributed by atoms with Gasteiger partial charge in [-0.15, -0.1) is 0 Å². The molecule has 1 N–H and O–H groups in total. The molecule has 78 valence electrons. The van der Waals surface area contributed by atoms with Crippen LogP contribution in [0.1, 0.15) is 34.1 Å². The molecule has 0 spiro atoms. The number of alkyl carbamates (subject to hydrolysis) is 1. The lowest BCUT2D eigenvalue weighted by molar-refractivity contribution is 0.0524. The lowest BCUT2D eigenvalue weighted by atomic mass is 10.2. The number of hydrogen-bond donors (Lipinski definition) is 1. The minimum absolute atomic E-state index is 0.312. The summed E-state index contributed by atoms with van der Waals surface area (Å²) in [7, 11) is 0. The van der Waals surface area contributed by atoms with Crippen LogP contribution in [0, 0.1) is 0 Å². The van der Waals surface area contributed by atoms with Crippen molar-refractivity contribution in [3.05, 3.63) is 0 Å². The zero-order valence-corrected chi connectivity index (χ0v) is 8.69. The molecule has 0 aromatic carbocycles. The summed E-state index contributed by atoms with van der Waals surface area (Å²) in [6.07, 6.45) is -1.07. The van der Waals surface area contributed by atoms with E-state index in [1.54, 1.807) is 20.8 Å². The molecule has 0 heterocycles. The van der Waals surface area contributed by atoms with Crippen LogP contribution < -0.4 is 5.32 Å². The van der Waals surface area contributed by atoms with E-state index < -0.39 is 17.9 Å². The van der Waals surface area contributed by atoms with E-state index >= 15 is 0 Å². The molecule has 0 aliphatic heterocycles. The van der Waals surface area contributed by atoms with E-state index in [2.05, 4.69) is 5.32 Å². The first-order valence-electron chi connectivity index (χ1n) is 4.42. The predicted molar refractivity (Wildman–Crippen MR) is 49.4 cm³/mol. The topological polar surface area (TPSA) is 38.3 Å². The Hall–Kier alpha value is -0.800. The molecule has 4 heteroatoms. The van der Waals surface area contributed by atoms with E-state index in [0.717, 1.165) is 0 Å². The number of hydrogen-bond acceptors (Lipinski definition) is 2. The molecular weight excluding hydrogens is 173 g/mol. The molecule has 0 aromatic rings. The molecule has 0 aliphatic carbocycles. The Kier molecular flexibility index (Phi) is 4.73. The molecule has 0 saturated carbocycles. The van der Waals surface area contributed by atoms with Crippen molar-refractivity contribution in [1.29, 1.82) is 0 Å². The number of amides is 1. The molecule has 0 unspecified atom stereocenters. The fourth-order valence-corrected chi connectivity index (χ4v) is 0.687. The highest BCUT2D eigenvalue weighted by Crippen LogP contribution is 2.06. The van der Waals surface area contributed by atoms with Crippen LogP contribution in [0.4, 0.5) is 9.18 Å². The molecule has 1 atom stereocenters. The van der Waals surface area contributed by atoms with Crippen molar-refractivity contribution in [1.82, 2.24) is 5.32 Å². The third kappa shape index (κ3) is 9.11. The summed E-state index contributed by atoms with van der Waals surface area (Å²) in [6, 6.07) is 0. The molecule has 0 radical (unpaired) electrons. The Labute approximate surface area is 78.6 Å². The summed E-state index contributed by atoms with van der Waals surface area (Å²) in [4.78, 5) is 11.0. The van der Waals surface area contributed by atoms with E-state index in [9.17, 15) is 9.18 Å². The Balaban J connectivity index is 3.53. The summed E-state index contributed by atoms with van der Waals surface area (Å²) in [5, 5.41) is 2.47. The van der Waals surface area contributed by atoms with Crippen LogP contribution >= 0.6 is 0 Å². The van der Waals surface area contributed by atoms with Crippen molar-refractivity contribution >= 4 is 6.09 Å². The van der Waals surface area contributed by atoms with E-state index in [4.69, 9.17) is 4.74 Å². The van der Waals surface area contributed by atoms with Crippen LogP contribution in [0.5, 0.6) is 0 Å². The normalized spacial score (nSPS) is 13.6. The van der Waals surface area contributed by atoms with Gasteiger partial charge in [-0.25, -0.2) is 9.18 Å². The second-order valence-electron chi connectivity index (χ2n) is 4.00. The summed E-state index contributed by atoms with van der Waals surface area (Å²) < 4.78 is 17.2. The van der Waals surface area contributed by atoms with Crippen LogP contribution in [-0.4, -0.2) is 24.4 Å². The summed E-state index contributed by atoms with van der Waals surface area (Å²) in [5.41, 5.74) is -0.495. The monoisotopic (exact) mass is 191 g/mol. The Morgan fingerprint density at radius 3 is 2.46 bits per heavy atom. The molecule has 0 bridgehead atoms. The third-order valence-electron chi connectivity index (χ3n) is 1.21. The van der Waals surface area contributed by atoms with Gasteiger partial charge in [0.2, 0.25) is 0 Å². The van der Waals surface area contributed by atoms with Gasteiger partial charge >= 0.3 is 6.09 Å². The largest absolute Gasteiger partial charge is 0.444 e. The smallest absolute Gasteiger partial charge is 0.407 e. The van der Waals surface area contributed by atoms with Gasteiger partial charge < -0.3 is 10.1 Å². The van der Waals surface area contributed by atoms with Gasteiger partial charge in [0.05, 0.1) is 6.17 Å². The highest BCUT2D eigenvalue weighted by Gasteiger charge is 2.15. The first kappa shape index (κ1) is 12.2. The van der Waals surface area contributed by atoms with E-state index in [1.807, 2.05) is 0 Å². The molecule has 3 nitrogen and oxygen atoms in total. The quantitative estimate of drug-likeness (QED) is 0.743. The van der Waals surface area contributed by atoms with Gasteiger partial charge in [-0.2, -0.15) is 0 Å². The fraction of sp³-hybridized carbons (Fsp3) is 0.889. The summed E-state index contributed by atoms with van der Waals surface area (Å²) in [6.45, 7) is 7.11. The van der Waals surface area contributed by atoms with Crippen molar-refractivity contribution in [2.24, 2.45) is 0 Å². The highest BCUT2D eigenvalue weighted by atomic mass is 19.1. The van der Waals surface area contributed by atoms with E-state index in [1.165, 1.54) is 6.92 Å². The molecule has 0 aliphatic rings. The van der Waals surface area contributed by atoms with Gasteiger partial charge in [0, 0.05) is 6.54 Å². The van der Waals surface area contributed by atoms with Crippen molar-refractivity contribution in [2.45, 2.75) is 45.9 Å². The Morgan fingerprint density at radius 1 is 1.54 bits per heavy atom. The van der Waals surface area contributed by atoms with Crippen molar-refractivity contribution in [3.8, 4) is 0 Å². The van der Waals surface area contributed by atoms with Crippen molar-refractivity contribution < 1.29 is 13.9 Å². The Bertz CT molecular complexity index is 163. The highest BCUT2D eigenvalue weighted by molar-refractivity contribution is 5.67. The molecule has 1 amide bonds. The predicted octanol–water partition coefficient (Wildman–Crippen LogP) is 2.26. The van der Waals surface area contributed by atoms with Crippen LogP contribution in [0.3, 0.4) is 0 Å². The SMILES string of the molecule is C[C@H](F)CCNC(=O)OC(C)(C)C.